The summed E-state index contributed by atoms with van der Waals surface area (Å²) >= 11 is 0. The van der Waals surface area contributed by atoms with E-state index in [-0.39, 0.29) is 29.6 Å². The standard InChI is InChI=1S/C25H28N6O5S/c1-15-9-19(5-8-23(15)30-14-26-27-28-30)37(34,35)31-17-3-4-18(31)11-29(10-17)12-24(32)20-6-7-21-22(16(20)2)13-36-25(21)33/h5-9,14,17-18,24,32H,3-4,10-13H2,1-2H3. The molecule has 4 heterocycles. The van der Waals surface area contributed by atoms with Crippen LogP contribution in [-0.4, -0.2) is 80.6 Å². The van der Waals surface area contributed by atoms with Gasteiger partial charge in [-0.05, 0) is 78.1 Å². The van der Waals surface area contributed by atoms with Crippen LogP contribution in [0.15, 0.2) is 41.6 Å². The van der Waals surface area contributed by atoms with E-state index in [0.717, 1.165) is 40.8 Å². The highest BCUT2D eigenvalue weighted by Crippen LogP contribution is 2.37. The van der Waals surface area contributed by atoms with Crippen LogP contribution in [0.2, 0.25) is 0 Å². The molecule has 2 fully saturated rings. The van der Waals surface area contributed by atoms with E-state index in [2.05, 4.69) is 20.4 Å². The Morgan fingerprint density at radius 3 is 2.57 bits per heavy atom. The summed E-state index contributed by atoms with van der Waals surface area (Å²) in [7, 11) is -3.69. The smallest absolute Gasteiger partial charge is 0.338 e. The number of benzene rings is 2. The fourth-order valence-corrected chi connectivity index (χ4v) is 7.94. The first-order valence-electron chi connectivity index (χ1n) is 12.3. The summed E-state index contributed by atoms with van der Waals surface area (Å²) in [6.07, 6.45) is 2.30. The Kier molecular flexibility index (Phi) is 5.86. The van der Waals surface area contributed by atoms with Crippen LogP contribution in [0.3, 0.4) is 0 Å². The first-order chi connectivity index (χ1) is 17.7. The van der Waals surface area contributed by atoms with Gasteiger partial charge in [0.05, 0.1) is 22.3 Å². The average molecular weight is 525 g/mol. The maximum absolute atomic E-state index is 13.7. The number of sulfonamides is 1. The molecule has 6 rings (SSSR count). The Hall–Kier alpha value is -3.19. The molecule has 3 unspecified atom stereocenters. The first-order valence-corrected chi connectivity index (χ1v) is 13.8. The molecule has 1 N–H and O–H groups in total. The average Bonchev–Trinajstić information content (AvgIpc) is 3.59. The van der Waals surface area contributed by atoms with Crippen molar-refractivity contribution in [2.75, 3.05) is 19.6 Å². The van der Waals surface area contributed by atoms with Crippen molar-refractivity contribution in [2.45, 2.75) is 56.4 Å². The molecule has 194 valence electrons. The number of hydrogen-bond donors (Lipinski definition) is 1. The van der Waals surface area contributed by atoms with Crippen molar-refractivity contribution < 1.29 is 23.1 Å². The second kappa shape index (κ2) is 8.98. The van der Waals surface area contributed by atoms with E-state index >= 15 is 0 Å². The molecule has 2 bridgehead atoms. The van der Waals surface area contributed by atoms with Crippen LogP contribution in [-0.2, 0) is 21.4 Å². The number of aliphatic hydroxyl groups excluding tert-OH is 1. The molecule has 0 radical (unpaired) electrons. The predicted octanol–water partition coefficient (Wildman–Crippen LogP) is 1.52. The number of carbonyl (C=O) groups excluding carboxylic acids is 1. The van der Waals surface area contributed by atoms with Crippen LogP contribution in [0.25, 0.3) is 5.69 Å². The summed E-state index contributed by atoms with van der Waals surface area (Å²) in [6, 6.07) is 8.22. The van der Waals surface area contributed by atoms with Crippen LogP contribution in [0.1, 0.15) is 51.6 Å². The zero-order chi connectivity index (χ0) is 25.9. The van der Waals surface area contributed by atoms with Crippen LogP contribution in [0.4, 0.5) is 0 Å². The predicted molar refractivity (Wildman–Crippen MR) is 131 cm³/mol. The van der Waals surface area contributed by atoms with Crippen molar-refractivity contribution in [2.24, 2.45) is 0 Å². The number of aromatic nitrogens is 4. The van der Waals surface area contributed by atoms with Crippen molar-refractivity contribution in [1.82, 2.24) is 29.4 Å². The molecule has 0 aliphatic carbocycles. The monoisotopic (exact) mass is 524 g/mol. The Bertz CT molecular complexity index is 1460. The quantitative estimate of drug-likeness (QED) is 0.477. The van der Waals surface area contributed by atoms with E-state index in [1.54, 1.807) is 34.6 Å². The number of aliphatic hydroxyl groups is 1. The topological polar surface area (TPSA) is 131 Å². The number of rotatable bonds is 6. The van der Waals surface area contributed by atoms with E-state index in [1.165, 1.54) is 11.0 Å². The maximum Gasteiger partial charge on any atom is 0.338 e. The van der Waals surface area contributed by atoms with Crippen molar-refractivity contribution in [3.8, 4) is 5.69 Å². The number of esters is 1. The van der Waals surface area contributed by atoms with Crippen molar-refractivity contribution >= 4 is 16.0 Å². The van der Waals surface area contributed by atoms with Gasteiger partial charge in [0.15, 0.2) is 0 Å². The van der Waals surface area contributed by atoms with Crippen LogP contribution in [0.5, 0.6) is 0 Å². The highest BCUT2D eigenvalue weighted by molar-refractivity contribution is 7.89. The normalized spacial score (nSPS) is 22.7. The highest BCUT2D eigenvalue weighted by atomic mass is 32.2. The number of tetrazole rings is 1. The second-order valence-electron chi connectivity index (χ2n) is 10.0. The van der Waals surface area contributed by atoms with Gasteiger partial charge in [0.1, 0.15) is 12.9 Å². The van der Waals surface area contributed by atoms with Crippen LogP contribution < -0.4 is 0 Å². The molecule has 2 saturated heterocycles. The van der Waals surface area contributed by atoms with Gasteiger partial charge in [0.25, 0.3) is 0 Å². The van der Waals surface area contributed by atoms with Gasteiger partial charge in [0.2, 0.25) is 10.0 Å². The van der Waals surface area contributed by atoms with Gasteiger partial charge < -0.3 is 9.84 Å². The number of cyclic esters (lactones) is 1. The van der Waals surface area contributed by atoms with E-state index in [1.807, 2.05) is 13.8 Å². The number of hydrogen-bond acceptors (Lipinski definition) is 9. The summed E-state index contributed by atoms with van der Waals surface area (Å²) in [5.41, 5.74) is 4.53. The third-order valence-electron chi connectivity index (χ3n) is 7.83. The molecule has 3 atom stereocenters. The van der Waals surface area contributed by atoms with Gasteiger partial charge in [-0.1, -0.05) is 6.07 Å². The second-order valence-corrected chi connectivity index (χ2v) is 11.9. The number of β-amino-alcohol motifs (C(OH)–C–C–N with tert-alkyl or cyclic N) is 1. The Labute approximate surface area is 214 Å². The lowest BCUT2D eigenvalue weighted by Gasteiger charge is -2.40. The minimum atomic E-state index is -3.69. The molecular formula is C25H28N6O5S. The highest BCUT2D eigenvalue weighted by Gasteiger charge is 2.47. The van der Waals surface area contributed by atoms with E-state index < -0.39 is 16.1 Å². The number of fused-ring (bicyclic) bond motifs is 3. The number of carbonyl (C=O) groups is 1. The van der Waals surface area contributed by atoms with Crippen molar-refractivity contribution in [3.63, 3.8) is 0 Å². The van der Waals surface area contributed by atoms with Gasteiger partial charge >= 0.3 is 5.97 Å². The molecule has 0 spiro atoms. The first kappa shape index (κ1) is 24.2. The van der Waals surface area contributed by atoms with E-state index in [9.17, 15) is 18.3 Å². The largest absolute Gasteiger partial charge is 0.457 e. The van der Waals surface area contributed by atoms with Gasteiger partial charge in [0, 0.05) is 37.3 Å². The molecule has 1 aromatic heterocycles. The molecule has 37 heavy (non-hydrogen) atoms. The van der Waals surface area contributed by atoms with Crippen molar-refractivity contribution in [3.05, 3.63) is 64.5 Å². The Morgan fingerprint density at radius 2 is 1.89 bits per heavy atom. The Balaban J connectivity index is 1.18. The lowest BCUT2D eigenvalue weighted by molar-refractivity contribution is 0.0535. The zero-order valence-corrected chi connectivity index (χ0v) is 21.4. The minimum absolute atomic E-state index is 0.150. The Morgan fingerprint density at radius 1 is 1.14 bits per heavy atom. The zero-order valence-electron chi connectivity index (χ0n) is 20.6. The maximum atomic E-state index is 13.7. The fraction of sp³-hybridized carbons (Fsp3) is 0.440. The molecule has 0 amide bonds. The lowest BCUT2D eigenvalue weighted by Crippen LogP contribution is -2.56. The van der Waals surface area contributed by atoms with E-state index in [0.29, 0.717) is 25.2 Å². The number of likely N-dealkylation sites (tertiary alicyclic amines) is 1. The molecule has 3 aromatic rings. The molecule has 2 aromatic carbocycles. The van der Waals surface area contributed by atoms with Gasteiger partial charge in [-0.3, -0.25) is 4.90 Å². The van der Waals surface area contributed by atoms with Gasteiger partial charge in [-0.25, -0.2) is 17.9 Å². The summed E-state index contributed by atoms with van der Waals surface area (Å²) in [5.74, 6) is -0.326. The summed E-state index contributed by atoms with van der Waals surface area (Å²) in [4.78, 5) is 14.3. The molecule has 11 nitrogen and oxygen atoms in total. The SMILES string of the molecule is Cc1cc(S(=O)(=O)N2C3CCC2CN(CC(O)c2ccc4c(c2C)COC4=O)C3)ccc1-n1cnnn1. The lowest BCUT2D eigenvalue weighted by atomic mass is 9.95. The van der Waals surface area contributed by atoms with Crippen LogP contribution in [0, 0.1) is 13.8 Å². The molecule has 12 heteroatoms. The molecule has 3 aliphatic heterocycles. The number of piperazine rings is 1. The number of aryl methyl sites for hydroxylation is 1. The molecule has 0 saturated carbocycles. The minimum Gasteiger partial charge on any atom is -0.457 e. The summed E-state index contributed by atoms with van der Waals surface area (Å²) < 4.78 is 35.7. The summed E-state index contributed by atoms with van der Waals surface area (Å²) in [5, 5.41) is 22.3. The fourth-order valence-electron chi connectivity index (χ4n) is 6.00. The molecular weight excluding hydrogens is 496 g/mol. The third-order valence-corrected chi connectivity index (χ3v) is 9.83. The molecule has 3 aliphatic rings. The van der Waals surface area contributed by atoms with Gasteiger partial charge in [-0.2, -0.15) is 4.31 Å². The number of ether oxygens (including phenoxy) is 1. The number of nitrogens with zero attached hydrogens (tertiary/aromatic N) is 6. The third kappa shape index (κ3) is 4.04. The van der Waals surface area contributed by atoms with Crippen LogP contribution >= 0.6 is 0 Å². The summed E-state index contributed by atoms with van der Waals surface area (Å²) in [6.45, 7) is 5.49. The van der Waals surface area contributed by atoms with Crippen molar-refractivity contribution in [1.29, 1.82) is 0 Å². The van der Waals surface area contributed by atoms with E-state index in [4.69, 9.17) is 4.74 Å². The van der Waals surface area contributed by atoms with Gasteiger partial charge in [-0.15, -0.1) is 5.10 Å².